The van der Waals surface area contributed by atoms with Crippen molar-refractivity contribution in [3.8, 4) is 0 Å². The number of hydrogen-bond donors (Lipinski definition) is 1. The summed E-state index contributed by atoms with van der Waals surface area (Å²) in [7, 11) is 1.55. The smallest absolute Gasteiger partial charge is 0.418 e. The van der Waals surface area contributed by atoms with Gasteiger partial charge in [-0.1, -0.05) is 36.4 Å². The van der Waals surface area contributed by atoms with E-state index in [9.17, 15) is 19.2 Å². The quantitative estimate of drug-likeness (QED) is 0.664. The number of rotatable bonds is 7. The highest BCUT2D eigenvalue weighted by Crippen LogP contribution is 2.45. The van der Waals surface area contributed by atoms with Crippen LogP contribution in [0.3, 0.4) is 0 Å². The molecule has 5 rings (SSSR count). The van der Waals surface area contributed by atoms with Crippen LogP contribution in [-0.2, 0) is 32.9 Å². The monoisotopic (exact) mass is 475 g/mol. The third-order valence-electron chi connectivity index (χ3n) is 7.45. The van der Waals surface area contributed by atoms with Crippen molar-refractivity contribution in [3.63, 3.8) is 0 Å². The summed E-state index contributed by atoms with van der Waals surface area (Å²) in [5.41, 5.74) is 1.44. The van der Waals surface area contributed by atoms with Crippen molar-refractivity contribution in [2.45, 2.75) is 50.8 Å². The molecule has 1 saturated heterocycles. The molecule has 0 bridgehead atoms. The second kappa shape index (κ2) is 8.83. The Morgan fingerprint density at radius 1 is 1.17 bits per heavy atom. The molecule has 1 N–H and O–H groups in total. The van der Waals surface area contributed by atoms with E-state index in [2.05, 4.69) is 5.32 Å². The van der Waals surface area contributed by atoms with Gasteiger partial charge in [0.15, 0.2) is 0 Å². The molecule has 0 unspecified atom stereocenters. The molecule has 182 valence electrons. The Bertz CT molecular complexity index is 1190. The van der Waals surface area contributed by atoms with Crippen molar-refractivity contribution < 1.29 is 23.9 Å². The van der Waals surface area contributed by atoms with Crippen LogP contribution in [0.4, 0.5) is 4.79 Å². The van der Waals surface area contributed by atoms with Crippen molar-refractivity contribution in [3.05, 3.63) is 70.8 Å². The number of carbonyl (C=O) groups is 4. The van der Waals surface area contributed by atoms with Crippen LogP contribution in [0, 0.1) is 5.92 Å². The minimum atomic E-state index is -1.43. The molecule has 0 aromatic heterocycles. The number of amides is 4. The maximum atomic E-state index is 13.5. The molecule has 2 aromatic rings. The number of imide groups is 1. The van der Waals surface area contributed by atoms with E-state index in [0.29, 0.717) is 36.4 Å². The molecule has 2 aromatic carbocycles. The van der Waals surface area contributed by atoms with Gasteiger partial charge in [-0.15, -0.1) is 0 Å². The third-order valence-corrected chi connectivity index (χ3v) is 7.45. The highest BCUT2D eigenvalue weighted by molar-refractivity contribution is 6.06. The van der Waals surface area contributed by atoms with E-state index in [1.807, 2.05) is 37.3 Å². The lowest BCUT2D eigenvalue weighted by molar-refractivity contribution is -0.143. The fourth-order valence-corrected chi connectivity index (χ4v) is 5.24. The Balaban J connectivity index is 1.37. The highest BCUT2D eigenvalue weighted by atomic mass is 16.6. The van der Waals surface area contributed by atoms with Crippen molar-refractivity contribution in [2.75, 3.05) is 13.6 Å². The zero-order valence-corrected chi connectivity index (χ0v) is 20.0. The molecular formula is C27H29N3O5. The standard InChI is InChI=1S/C27H29N3O5/c1-17(19-8-9-19)29(15-18-6-4-3-5-7-18)23(31)16-30-25(33)27(35-26(30)34)13-12-20-14-21(24(32)28-2)10-11-22(20)27/h3-7,10-11,14,17,19H,8-9,12-13,15-16H2,1-2H3,(H,28,32)/t17-,27+/m0/s1. The average molecular weight is 476 g/mol. The molecular weight excluding hydrogens is 446 g/mol. The number of hydrogen-bond acceptors (Lipinski definition) is 5. The van der Waals surface area contributed by atoms with Gasteiger partial charge in [-0.25, -0.2) is 9.69 Å². The van der Waals surface area contributed by atoms with Gasteiger partial charge in [0.1, 0.15) is 6.54 Å². The number of fused-ring (bicyclic) bond motifs is 2. The van der Waals surface area contributed by atoms with Gasteiger partial charge in [0.05, 0.1) is 0 Å². The van der Waals surface area contributed by atoms with E-state index < -0.39 is 17.6 Å². The predicted molar refractivity (Wildman–Crippen MR) is 127 cm³/mol. The molecule has 3 aliphatic rings. The molecule has 2 aliphatic carbocycles. The van der Waals surface area contributed by atoms with Crippen LogP contribution in [-0.4, -0.2) is 53.2 Å². The minimum absolute atomic E-state index is 0.0146. The van der Waals surface area contributed by atoms with Crippen LogP contribution in [0.1, 0.15) is 53.2 Å². The van der Waals surface area contributed by atoms with Crippen LogP contribution in [0.25, 0.3) is 0 Å². The summed E-state index contributed by atoms with van der Waals surface area (Å²) in [6.45, 7) is 2.10. The Kier molecular flexibility index (Phi) is 5.83. The third kappa shape index (κ3) is 4.07. The Morgan fingerprint density at radius 2 is 1.91 bits per heavy atom. The first-order valence-corrected chi connectivity index (χ1v) is 12.1. The predicted octanol–water partition coefficient (Wildman–Crippen LogP) is 2.99. The van der Waals surface area contributed by atoms with Gasteiger partial charge in [-0.3, -0.25) is 14.4 Å². The summed E-state index contributed by atoms with van der Waals surface area (Å²) in [4.78, 5) is 54.6. The van der Waals surface area contributed by atoms with Crippen molar-refractivity contribution in [2.24, 2.45) is 5.92 Å². The number of aryl methyl sites for hydroxylation is 1. The van der Waals surface area contributed by atoms with Crippen molar-refractivity contribution in [1.82, 2.24) is 15.1 Å². The lowest BCUT2D eigenvalue weighted by Crippen LogP contribution is -2.47. The number of nitrogens with zero attached hydrogens (tertiary/aromatic N) is 2. The van der Waals surface area contributed by atoms with E-state index in [4.69, 9.17) is 4.74 Å². The van der Waals surface area contributed by atoms with Crippen LogP contribution >= 0.6 is 0 Å². The van der Waals surface area contributed by atoms with E-state index in [1.54, 1.807) is 30.1 Å². The molecule has 2 atom stereocenters. The number of carbonyl (C=O) groups excluding carboxylic acids is 4. The summed E-state index contributed by atoms with van der Waals surface area (Å²) < 4.78 is 5.67. The summed E-state index contributed by atoms with van der Waals surface area (Å²) in [5, 5.41) is 2.59. The molecule has 2 fully saturated rings. The maximum absolute atomic E-state index is 13.5. The number of ether oxygens (including phenoxy) is 1. The summed E-state index contributed by atoms with van der Waals surface area (Å²) >= 11 is 0. The van der Waals surface area contributed by atoms with Gasteiger partial charge < -0.3 is 15.0 Å². The van der Waals surface area contributed by atoms with Crippen LogP contribution in [0.2, 0.25) is 0 Å². The molecule has 0 radical (unpaired) electrons. The number of benzene rings is 2. The first-order chi connectivity index (χ1) is 16.8. The van der Waals surface area contributed by atoms with Crippen LogP contribution in [0.15, 0.2) is 48.5 Å². The summed E-state index contributed by atoms with van der Waals surface area (Å²) in [5.74, 6) is -0.574. The van der Waals surface area contributed by atoms with E-state index in [-0.39, 0.29) is 24.4 Å². The number of nitrogens with one attached hydrogen (secondary N) is 1. The van der Waals surface area contributed by atoms with Crippen molar-refractivity contribution in [1.29, 1.82) is 0 Å². The molecule has 8 nitrogen and oxygen atoms in total. The molecule has 1 heterocycles. The molecule has 4 amide bonds. The van der Waals surface area contributed by atoms with Crippen LogP contribution < -0.4 is 5.32 Å². The lowest BCUT2D eigenvalue weighted by Gasteiger charge is -2.30. The van der Waals surface area contributed by atoms with Crippen LogP contribution in [0.5, 0.6) is 0 Å². The topological polar surface area (TPSA) is 96.0 Å². The maximum Gasteiger partial charge on any atom is 0.418 e. The first kappa shape index (κ1) is 23.1. The molecule has 8 heteroatoms. The van der Waals surface area contributed by atoms with E-state index >= 15 is 0 Å². The van der Waals surface area contributed by atoms with Gasteiger partial charge in [-0.05, 0) is 55.4 Å². The van der Waals surface area contributed by atoms with E-state index in [1.165, 1.54) is 0 Å². The second-order valence-corrected chi connectivity index (χ2v) is 9.62. The molecule has 35 heavy (non-hydrogen) atoms. The largest absolute Gasteiger partial charge is 0.427 e. The van der Waals surface area contributed by atoms with Crippen molar-refractivity contribution >= 4 is 23.8 Å². The lowest BCUT2D eigenvalue weighted by atomic mass is 9.94. The zero-order valence-electron chi connectivity index (χ0n) is 20.0. The molecule has 1 saturated carbocycles. The normalized spacial score (nSPS) is 21.6. The second-order valence-electron chi connectivity index (χ2n) is 9.62. The highest BCUT2D eigenvalue weighted by Gasteiger charge is 2.58. The van der Waals surface area contributed by atoms with Gasteiger partial charge in [0.25, 0.3) is 11.8 Å². The average Bonchev–Trinajstić information content (AvgIpc) is 3.62. The Hall–Kier alpha value is -3.68. The fraction of sp³-hybridized carbons (Fsp3) is 0.407. The van der Waals surface area contributed by atoms with E-state index in [0.717, 1.165) is 28.9 Å². The molecule has 1 spiro atoms. The SMILES string of the molecule is CNC(=O)c1ccc2c(c1)CC[C@@]21OC(=O)N(CC(=O)N(Cc2ccccc2)[C@@H](C)C2CC2)C1=O. The Morgan fingerprint density at radius 3 is 2.60 bits per heavy atom. The van der Waals surface area contributed by atoms with Gasteiger partial charge >= 0.3 is 6.09 Å². The minimum Gasteiger partial charge on any atom is -0.427 e. The zero-order chi connectivity index (χ0) is 24.7. The summed E-state index contributed by atoms with van der Waals surface area (Å²) in [6, 6.07) is 14.8. The fourth-order valence-electron chi connectivity index (χ4n) is 5.24. The van der Waals surface area contributed by atoms with Gasteiger partial charge in [0.2, 0.25) is 11.5 Å². The molecule has 1 aliphatic heterocycles. The van der Waals surface area contributed by atoms with Gasteiger partial charge in [-0.2, -0.15) is 0 Å². The van der Waals surface area contributed by atoms with Gasteiger partial charge in [0, 0.05) is 37.2 Å². The first-order valence-electron chi connectivity index (χ1n) is 12.1. The Labute approximate surface area is 204 Å². The summed E-state index contributed by atoms with van der Waals surface area (Å²) in [6.07, 6.45) is 2.14.